The highest BCUT2D eigenvalue weighted by Crippen LogP contribution is 2.34. The number of aromatic nitrogens is 1. The molecule has 0 bridgehead atoms. The Hall–Kier alpha value is -2.54. The Balaban J connectivity index is 1.92. The van der Waals surface area contributed by atoms with Gasteiger partial charge in [-0.15, -0.1) is 0 Å². The topological polar surface area (TPSA) is 57.9 Å². The van der Waals surface area contributed by atoms with E-state index in [0.29, 0.717) is 18.0 Å². The monoisotopic (exact) mass is 251 g/mol. The van der Waals surface area contributed by atoms with E-state index >= 15 is 0 Å². The van der Waals surface area contributed by atoms with Crippen molar-refractivity contribution in [2.24, 2.45) is 0 Å². The lowest BCUT2D eigenvalue weighted by molar-refractivity contribution is 0.339. The van der Waals surface area contributed by atoms with Crippen LogP contribution in [0.15, 0.2) is 36.4 Å². The fourth-order valence-corrected chi connectivity index (χ4v) is 2.20. The van der Waals surface area contributed by atoms with Gasteiger partial charge in [0.15, 0.2) is 0 Å². The minimum atomic E-state index is 0.0394. The van der Waals surface area contributed by atoms with Crippen molar-refractivity contribution in [3.05, 3.63) is 53.2 Å². The predicted molar refractivity (Wildman–Crippen MR) is 72.0 cm³/mol. The number of para-hydroxylation sites is 1. The van der Waals surface area contributed by atoms with Crippen LogP contribution >= 0.6 is 0 Å². The summed E-state index contributed by atoms with van der Waals surface area (Å²) in [6, 6.07) is 13.7. The van der Waals surface area contributed by atoms with E-state index < -0.39 is 0 Å². The third-order valence-electron chi connectivity index (χ3n) is 3.17. The highest BCUT2D eigenvalue weighted by Gasteiger charge is 2.24. The minimum absolute atomic E-state index is 0.0394. The third kappa shape index (κ3) is 2.11. The lowest BCUT2D eigenvalue weighted by Crippen LogP contribution is -2.14. The van der Waals surface area contributed by atoms with Crippen LogP contribution in [0.2, 0.25) is 0 Å². The number of nitrogens with zero attached hydrogens (tertiary/aromatic N) is 2. The Morgan fingerprint density at radius 3 is 3.00 bits per heavy atom. The molecule has 94 valence electrons. The lowest BCUT2D eigenvalue weighted by Gasteiger charge is -2.13. The summed E-state index contributed by atoms with van der Waals surface area (Å²) in [5.41, 5.74) is 2.54. The van der Waals surface area contributed by atoms with Gasteiger partial charge in [0.25, 0.3) is 0 Å². The average molecular weight is 251 g/mol. The van der Waals surface area contributed by atoms with Gasteiger partial charge in [0.05, 0.1) is 11.6 Å². The molecule has 0 spiro atoms. The van der Waals surface area contributed by atoms with Crippen LogP contribution in [0.4, 0.5) is 5.82 Å². The summed E-state index contributed by atoms with van der Waals surface area (Å²) in [6.45, 7) is 2.46. The number of ether oxygens (including phenoxy) is 1. The number of aryl methyl sites for hydroxylation is 1. The summed E-state index contributed by atoms with van der Waals surface area (Å²) in [4.78, 5) is 4.39. The number of hydrogen-bond acceptors (Lipinski definition) is 4. The Morgan fingerprint density at radius 2 is 2.16 bits per heavy atom. The minimum Gasteiger partial charge on any atom is -0.491 e. The van der Waals surface area contributed by atoms with Crippen molar-refractivity contribution in [1.29, 1.82) is 5.26 Å². The van der Waals surface area contributed by atoms with E-state index in [2.05, 4.69) is 16.4 Å². The molecule has 0 fully saturated rings. The molecule has 1 unspecified atom stereocenters. The van der Waals surface area contributed by atoms with Crippen LogP contribution < -0.4 is 10.1 Å². The van der Waals surface area contributed by atoms with E-state index in [-0.39, 0.29) is 6.04 Å². The van der Waals surface area contributed by atoms with Crippen molar-refractivity contribution in [3.63, 3.8) is 0 Å². The van der Waals surface area contributed by atoms with Crippen LogP contribution in [0.1, 0.15) is 22.9 Å². The van der Waals surface area contributed by atoms with Crippen LogP contribution in [-0.2, 0) is 0 Å². The van der Waals surface area contributed by atoms with Crippen molar-refractivity contribution in [2.75, 3.05) is 11.9 Å². The van der Waals surface area contributed by atoms with Gasteiger partial charge in [0, 0.05) is 11.3 Å². The molecule has 1 aliphatic heterocycles. The maximum absolute atomic E-state index is 9.12. The second-order valence-corrected chi connectivity index (χ2v) is 4.51. The van der Waals surface area contributed by atoms with Gasteiger partial charge in [0.2, 0.25) is 0 Å². The molecular formula is C15H13N3O. The molecule has 0 saturated carbocycles. The van der Waals surface area contributed by atoms with Crippen molar-refractivity contribution >= 4 is 5.82 Å². The second kappa shape index (κ2) is 4.62. The second-order valence-electron chi connectivity index (χ2n) is 4.51. The van der Waals surface area contributed by atoms with Gasteiger partial charge in [-0.3, -0.25) is 0 Å². The summed E-state index contributed by atoms with van der Waals surface area (Å²) in [5, 5.41) is 12.4. The number of anilines is 1. The Morgan fingerprint density at radius 1 is 1.32 bits per heavy atom. The van der Waals surface area contributed by atoms with E-state index in [0.717, 1.165) is 17.0 Å². The Kier molecular flexibility index (Phi) is 2.81. The van der Waals surface area contributed by atoms with E-state index in [4.69, 9.17) is 10.00 Å². The Labute approximate surface area is 111 Å². The largest absolute Gasteiger partial charge is 0.491 e. The fourth-order valence-electron chi connectivity index (χ4n) is 2.20. The van der Waals surface area contributed by atoms with Crippen LogP contribution in [0.3, 0.4) is 0 Å². The fraction of sp³-hybridized carbons (Fsp3) is 0.200. The van der Waals surface area contributed by atoms with Gasteiger partial charge < -0.3 is 10.1 Å². The molecule has 0 radical (unpaired) electrons. The molecule has 0 amide bonds. The first-order chi connectivity index (χ1) is 9.28. The SMILES string of the molecule is Cc1ccc(C#N)c(NC2COc3ccccc32)n1. The quantitative estimate of drug-likeness (QED) is 0.891. The molecule has 3 rings (SSSR count). The first-order valence-electron chi connectivity index (χ1n) is 6.14. The van der Waals surface area contributed by atoms with E-state index in [1.54, 1.807) is 6.07 Å². The van der Waals surface area contributed by atoms with Gasteiger partial charge in [-0.05, 0) is 25.1 Å². The van der Waals surface area contributed by atoms with Gasteiger partial charge in [-0.1, -0.05) is 18.2 Å². The first-order valence-corrected chi connectivity index (χ1v) is 6.14. The molecule has 4 heteroatoms. The molecule has 19 heavy (non-hydrogen) atoms. The number of hydrogen-bond donors (Lipinski definition) is 1. The molecule has 1 aromatic heterocycles. The van der Waals surface area contributed by atoms with E-state index in [1.165, 1.54) is 0 Å². The first kappa shape index (κ1) is 11.5. The number of pyridine rings is 1. The van der Waals surface area contributed by atoms with Gasteiger partial charge in [0.1, 0.15) is 24.2 Å². The highest BCUT2D eigenvalue weighted by atomic mass is 16.5. The van der Waals surface area contributed by atoms with Gasteiger partial charge in [-0.25, -0.2) is 4.98 Å². The summed E-state index contributed by atoms with van der Waals surface area (Å²) in [7, 11) is 0. The van der Waals surface area contributed by atoms with E-state index in [1.807, 2.05) is 37.3 Å². The van der Waals surface area contributed by atoms with E-state index in [9.17, 15) is 0 Å². The molecule has 1 atom stereocenters. The number of fused-ring (bicyclic) bond motifs is 1. The summed E-state index contributed by atoms with van der Waals surface area (Å²) in [6.07, 6.45) is 0. The zero-order valence-electron chi connectivity index (χ0n) is 10.6. The van der Waals surface area contributed by atoms with Crippen LogP contribution in [-0.4, -0.2) is 11.6 Å². The number of nitrogens with one attached hydrogen (secondary N) is 1. The predicted octanol–water partition coefficient (Wildman–Crippen LogP) is 2.81. The standard InChI is InChI=1S/C15H13N3O/c1-10-6-7-11(8-16)15(17-10)18-13-9-19-14-5-3-2-4-12(13)14/h2-7,13H,9H2,1H3,(H,17,18). The molecule has 2 aromatic rings. The summed E-state index contributed by atoms with van der Waals surface area (Å²) >= 11 is 0. The van der Waals surface area contributed by atoms with Gasteiger partial charge in [-0.2, -0.15) is 5.26 Å². The maximum Gasteiger partial charge on any atom is 0.144 e. The normalized spacial score (nSPS) is 16.3. The van der Waals surface area contributed by atoms with Crippen molar-refractivity contribution in [3.8, 4) is 11.8 Å². The van der Waals surface area contributed by atoms with Gasteiger partial charge >= 0.3 is 0 Å². The van der Waals surface area contributed by atoms with Crippen LogP contribution in [0, 0.1) is 18.3 Å². The maximum atomic E-state index is 9.12. The third-order valence-corrected chi connectivity index (χ3v) is 3.17. The van der Waals surface area contributed by atoms with Crippen molar-refractivity contribution < 1.29 is 4.74 Å². The van der Waals surface area contributed by atoms with Crippen LogP contribution in [0.5, 0.6) is 5.75 Å². The zero-order chi connectivity index (χ0) is 13.2. The molecule has 1 aliphatic rings. The Bertz CT molecular complexity index is 661. The molecule has 0 aliphatic carbocycles. The molecule has 2 heterocycles. The number of nitriles is 1. The van der Waals surface area contributed by atoms with Crippen molar-refractivity contribution in [1.82, 2.24) is 4.98 Å². The van der Waals surface area contributed by atoms with Crippen molar-refractivity contribution in [2.45, 2.75) is 13.0 Å². The molecule has 1 N–H and O–H groups in total. The summed E-state index contributed by atoms with van der Waals surface area (Å²) < 4.78 is 5.61. The zero-order valence-corrected chi connectivity index (χ0v) is 10.6. The smallest absolute Gasteiger partial charge is 0.144 e. The molecular weight excluding hydrogens is 238 g/mol. The summed E-state index contributed by atoms with van der Waals surface area (Å²) in [5.74, 6) is 1.51. The van der Waals surface area contributed by atoms with Crippen LogP contribution in [0.25, 0.3) is 0 Å². The molecule has 1 aromatic carbocycles. The average Bonchev–Trinajstić information content (AvgIpc) is 2.83. The highest BCUT2D eigenvalue weighted by molar-refractivity contribution is 5.55. The molecule has 4 nitrogen and oxygen atoms in total. The number of benzene rings is 1. The number of rotatable bonds is 2. The lowest BCUT2D eigenvalue weighted by atomic mass is 10.1. The molecule has 0 saturated heterocycles.